The fraction of sp³-hybridized carbons (Fsp3) is 0.500. The molecule has 1 aromatic rings. The number of halogens is 1. The van der Waals surface area contributed by atoms with E-state index in [1.54, 1.807) is 13.2 Å². The predicted octanol–water partition coefficient (Wildman–Crippen LogP) is 1.18. The lowest BCUT2D eigenvalue weighted by Gasteiger charge is -2.35. The molecule has 1 atom stereocenters. The van der Waals surface area contributed by atoms with Crippen LogP contribution in [0.1, 0.15) is 6.42 Å². The topological polar surface area (TPSA) is 50.8 Å². The van der Waals surface area contributed by atoms with E-state index in [1.165, 1.54) is 12.1 Å². The molecule has 1 amide bonds. The molecule has 0 radical (unpaired) electrons. The molecule has 1 heterocycles. The summed E-state index contributed by atoms with van der Waals surface area (Å²) >= 11 is 0. The van der Waals surface area contributed by atoms with Crippen LogP contribution < -0.4 is 15.0 Å². The Morgan fingerprint density at radius 1 is 1.60 bits per heavy atom. The molecule has 1 N–H and O–H groups in total. The van der Waals surface area contributed by atoms with Gasteiger partial charge in [0.1, 0.15) is 18.2 Å². The molecule has 0 saturated heterocycles. The highest BCUT2D eigenvalue weighted by atomic mass is 19.1. The first-order valence-corrected chi connectivity index (χ1v) is 6.52. The molecule has 0 spiro atoms. The van der Waals surface area contributed by atoms with Crippen LogP contribution in [0.25, 0.3) is 0 Å². The van der Waals surface area contributed by atoms with Crippen LogP contribution in [0.3, 0.4) is 0 Å². The summed E-state index contributed by atoms with van der Waals surface area (Å²) in [5.41, 5.74) is 0.798. The van der Waals surface area contributed by atoms with Crippen molar-refractivity contribution < 1.29 is 18.7 Å². The molecule has 1 aliphatic rings. The smallest absolute Gasteiger partial charge is 0.222 e. The molecule has 0 aromatic heterocycles. The SMILES string of the molecule is COCCNC(=O)C[C@@H]1COc2cc(F)ccc2N1C. The Labute approximate surface area is 117 Å². The van der Waals surface area contributed by atoms with E-state index in [4.69, 9.17) is 9.47 Å². The molecule has 0 fully saturated rings. The average molecular weight is 282 g/mol. The van der Waals surface area contributed by atoms with E-state index in [9.17, 15) is 9.18 Å². The predicted molar refractivity (Wildman–Crippen MR) is 73.6 cm³/mol. The van der Waals surface area contributed by atoms with Crippen LogP contribution in [-0.2, 0) is 9.53 Å². The first-order valence-electron chi connectivity index (χ1n) is 6.52. The number of amides is 1. The summed E-state index contributed by atoms with van der Waals surface area (Å²) in [5.74, 6) is 0.143. The van der Waals surface area contributed by atoms with Crippen molar-refractivity contribution in [2.75, 3.05) is 38.8 Å². The van der Waals surface area contributed by atoms with Gasteiger partial charge in [-0.2, -0.15) is 0 Å². The Kier molecular flexibility index (Phi) is 4.79. The van der Waals surface area contributed by atoms with Gasteiger partial charge in [0.15, 0.2) is 0 Å². The quantitative estimate of drug-likeness (QED) is 0.824. The molecule has 0 unspecified atom stereocenters. The Balaban J connectivity index is 1.95. The van der Waals surface area contributed by atoms with Gasteiger partial charge in [-0.1, -0.05) is 0 Å². The minimum Gasteiger partial charge on any atom is -0.489 e. The number of rotatable bonds is 5. The molecule has 0 saturated carbocycles. The fourth-order valence-electron chi connectivity index (χ4n) is 2.16. The van der Waals surface area contributed by atoms with E-state index in [0.717, 1.165) is 5.69 Å². The van der Waals surface area contributed by atoms with Gasteiger partial charge < -0.3 is 19.7 Å². The number of benzene rings is 1. The summed E-state index contributed by atoms with van der Waals surface area (Å²) in [4.78, 5) is 13.7. The molecule has 0 bridgehead atoms. The van der Waals surface area contributed by atoms with Gasteiger partial charge >= 0.3 is 0 Å². The van der Waals surface area contributed by atoms with Crippen molar-refractivity contribution in [2.24, 2.45) is 0 Å². The zero-order chi connectivity index (χ0) is 14.5. The number of hydrogen-bond donors (Lipinski definition) is 1. The normalized spacial score (nSPS) is 17.4. The van der Waals surface area contributed by atoms with Crippen LogP contribution in [0.5, 0.6) is 5.75 Å². The number of likely N-dealkylation sites (N-methyl/N-ethyl adjacent to an activating group) is 1. The molecule has 6 heteroatoms. The summed E-state index contributed by atoms with van der Waals surface area (Å²) in [6.07, 6.45) is 0.330. The summed E-state index contributed by atoms with van der Waals surface area (Å²) in [7, 11) is 3.47. The van der Waals surface area contributed by atoms with Crippen LogP contribution in [0, 0.1) is 5.82 Å². The maximum absolute atomic E-state index is 13.1. The lowest BCUT2D eigenvalue weighted by Crippen LogP contribution is -2.44. The van der Waals surface area contributed by atoms with E-state index in [2.05, 4.69) is 5.32 Å². The number of ether oxygens (including phenoxy) is 2. The van der Waals surface area contributed by atoms with E-state index in [0.29, 0.717) is 31.9 Å². The number of nitrogens with one attached hydrogen (secondary N) is 1. The maximum Gasteiger partial charge on any atom is 0.222 e. The van der Waals surface area contributed by atoms with Gasteiger partial charge in [-0.05, 0) is 12.1 Å². The van der Waals surface area contributed by atoms with E-state index < -0.39 is 0 Å². The van der Waals surface area contributed by atoms with Gasteiger partial charge in [-0.3, -0.25) is 4.79 Å². The van der Waals surface area contributed by atoms with Crippen LogP contribution in [0.4, 0.5) is 10.1 Å². The lowest BCUT2D eigenvalue weighted by atomic mass is 10.1. The summed E-state index contributed by atoms with van der Waals surface area (Å²) < 4.78 is 23.5. The largest absolute Gasteiger partial charge is 0.489 e. The Bertz CT molecular complexity index is 481. The second kappa shape index (κ2) is 6.56. The van der Waals surface area contributed by atoms with Crippen molar-refractivity contribution in [3.8, 4) is 5.75 Å². The number of nitrogens with zero attached hydrogens (tertiary/aromatic N) is 1. The summed E-state index contributed by atoms with van der Waals surface area (Å²) in [6, 6.07) is 4.36. The highest BCUT2D eigenvalue weighted by Crippen LogP contribution is 2.33. The number of fused-ring (bicyclic) bond motifs is 1. The first kappa shape index (κ1) is 14.6. The van der Waals surface area contributed by atoms with Gasteiger partial charge in [0.2, 0.25) is 5.91 Å². The van der Waals surface area contributed by atoms with Crippen molar-refractivity contribution in [1.29, 1.82) is 0 Å². The standard InChI is InChI=1S/C14H19FN2O3/c1-17-11(8-14(18)16-5-6-19-2)9-20-13-7-10(15)3-4-12(13)17/h3-4,7,11H,5-6,8-9H2,1-2H3,(H,16,18)/t11-/m1/s1. The third-order valence-electron chi connectivity index (χ3n) is 3.33. The van der Waals surface area contributed by atoms with Crippen molar-refractivity contribution >= 4 is 11.6 Å². The third-order valence-corrected chi connectivity index (χ3v) is 3.33. The second-order valence-electron chi connectivity index (χ2n) is 4.73. The summed E-state index contributed by atoms with van der Waals surface area (Å²) in [5, 5.41) is 2.78. The molecule has 2 rings (SSSR count). The van der Waals surface area contributed by atoms with Crippen LogP contribution >= 0.6 is 0 Å². The van der Waals surface area contributed by atoms with Gasteiger partial charge in [-0.25, -0.2) is 4.39 Å². The van der Waals surface area contributed by atoms with E-state index >= 15 is 0 Å². The third kappa shape index (κ3) is 3.39. The molecule has 1 aliphatic heterocycles. The van der Waals surface area contributed by atoms with Crippen molar-refractivity contribution in [1.82, 2.24) is 5.32 Å². The monoisotopic (exact) mass is 282 g/mol. The zero-order valence-electron chi connectivity index (χ0n) is 11.7. The number of carbonyl (C=O) groups is 1. The maximum atomic E-state index is 13.1. The van der Waals surface area contributed by atoms with Gasteiger partial charge in [0.05, 0.1) is 24.8 Å². The molecule has 1 aromatic carbocycles. The first-order chi connectivity index (χ1) is 9.61. The van der Waals surface area contributed by atoms with Gasteiger partial charge in [-0.15, -0.1) is 0 Å². The van der Waals surface area contributed by atoms with Crippen molar-refractivity contribution in [3.05, 3.63) is 24.0 Å². The second-order valence-corrected chi connectivity index (χ2v) is 4.73. The zero-order valence-corrected chi connectivity index (χ0v) is 11.7. The van der Waals surface area contributed by atoms with Crippen molar-refractivity contribution in [3.63, 3.8) is 0 Å². The molecular weight excluding hydrogens is 263 g/mol. The summed E-state index contributed by atoms with van der Waals surface area (Å²) in [6.45, 7) is 1.35. The number of anilines is 1. The van der Waals surface area contributed by atoms with Gasteiger partial charge in [0.25, 0.3) is 0 Å². The lowest BCUT2D eigenvalue weighted by molar-refractivity contribution is -0.121. The van der Waals surface area contributed by atoms with Crippen LogP contribution in [-0.4, -0.2) is 45.9 Å². The van der Waals surface area contributed by atoms with Gasteiger partial charge in [0, 0.05) is 26.8 Å². The Morgan fingerprint density at radius 3 is 3.15 bits per heavy atom. The molecular formula is C14H19FN2O3. The number of methoxy groups -OCH3 is 1. The van der Waals surface area contributed by atoms with Crippen LogP contribution in [0.2, 0.25) is 0 Å². The van der Waals surface area contributed by atoms with E-state index in [-0.39, 0.29) is 17.8 Å². The minimum atomic E-state index is -0.326. The highest BCUT2D eigenvalue weighted by molar-refractivity contribution is 5.77. The van der Waals surface area contributed by atoms with E-state index in [1.807, 2.05) is 11.9 Å². The number of carbonyl (C=O) groups excluding carboxylic acids is 1. The highest BCUT2D eigenvalue weighted by Gasteiger charge is 2.26. The van der Waals surface area contributed by atoms with Crippen molar-refractivity contribution in [2.45, 2.75) is 12.5 Å². The number of hydrogen-bond acceptors (Lipinski definition) is 4. The van der Waals surface area contributed by atoms with Crippen LogP contribution in [0.15, 0.2) is 18.2 Å². The Hall–Kier alpha value is -1.82. The fourth-order valence-corrected chi connectivity index (χ4v) is 2.16. The molecule has 110 valence electrons. The molecule has 0 aliphatic carbocycles. The molecule has 20 heavy (non-hydrogen) atoms. The minimum absolute atomic E-state index is 0.0481. The Morgan fingerprint density at radius 2 is 2.40 bits per heavy atom. The molecule has 5 nitrogen and oxygen atoms in total. The average Bonchev–Trinajstić information content (AvgIpc) is 2.42.